The second-order valence-electron chi connectivity index (χ2n) is 4.89. The molecule has 2 aromatic rings. The maximum absolute atomic E-state index is 13.6. The molecule has 19 heavy (non-hydrogen) atoms. The van der Waals surface area contributed by atoms with Crippen molar-refractivity contribution in [3.63, 3.8) is 0 Å². The lowest BCUT2D eigenvalue weighted by Gasteiger charge is -2.19. The largest absolute Gasteiger partial charge is 0.391 e. The zero-order chi connectivity index (χ0) is 13.4. The van der Waals surface area contributed by atoms with Gasteiger partial charge < -0.3 is 10.4 Å². The van der Waals surface area contributed by atoms with Crippen molar-refractivity contribution < 1.29 is 13.9 Å². The molecule has 1 aromatic heterocycles. The first-order valence-electron chi connectivity index (χ1n) is 6.33. The van der Waals surface area contributed by atoms with Crippen molar-refractivity contribution in [3.8, 4) is 0 Å². The van der Waals surface area contributed by atoms with Crippen molar-refractivity contribution in [2.24, 2.45) is 0 Å². The number of hydrogen-bond acceptors (Lipinski definition) is 3. The molecule has 1 aliphatic rings. The molecule has 1 fully saturated rings. The number of halogens is 2. The highest BCUT2D eigenvalue weighted by Gasteiger charge is 2.25. The van der Waals surface area contributed by atoms with E-state index in [1.165, 1.54) is 12.3 Å². The van der Waals surface area contributed by atoms with Crippen LogP contribution < -0.4 is 5.32 Å². The summed E-state index contributed by atoms with van der Waals surface area (Å²) < 4.78 is 27.0. The van der Waals surface area contributed by atoms with Crippen LogP contribution in [0.25, 0.3) is 10.9 Å². The Hall–Kier alpha value is -1.75. The summed E-state index contributed by atoms with van der Waals surface area (Å²) in [6.45, 7) is 0. The Morgan fingerprint density at radius 1 is 1.26 bits per heavy atom. The number of benzene rings is 1. The molecular weight excluding hydrogens is 250 g/mol. The third-order valence-electron chi connectivity index (χ3n) is 3.58. The summed E-state index contributed by atoms with van der Waals surface area (Å²) in [5.74, 6) is -1.31. The van der Waals surface area contributed by atoms with Crippen LogP contribution >= 0.6 is 0 Å². The van der Waals surface area contributed by atoms with Crippen LogP contribution in [0, 0.1) is 11.6 Å². The molecule has 1 aromatic carbocycles. The van der Waals surface area contributed by atoms with E-state index >= 15 is 0 Å². The van der Waals surface area contributed by atoms with Crippen LogP contribution in [0.3, 0.4) is 0 Å². The van der Waals surface area contributed by atoms with Gasteiger partial charge >= 0.3 is 0 Å². The minimum absolute atomic E-state index is 0.0723. The Morgan fingerprint density at radius 2 is 2.11 bits per heavy atom. The van der Waals surface area contributed by atoms with Crippen LogP contribution in [0.1, 0.15) is 19.3 Å². The molecule has 0 aliphatic heterocycles. The van der Waals surface area contributed by atoms with Gasteiger partial charge in [0.1, 0.15) is 11.3 Å². The van der Waals surface area contributed by atoms with Gasteiger partial charge in [-0.2, -0.15) is 0 Å². The summed E-state index contributed by atoms with van der Waals surface area (Å²) in [5, 5.41) is 13.4. The summed E-state index contributed by atoms with van der Waals surface area (Å²) in [7, 11) is 0. The number of aromatic nitrogens is 1. The van der Waals surface area contributed by atoms with Gasteiger partial charge in [0.05, 0.1) is 12.1 Å². The average Bonchev–Trinajstić information content (AvgIpc) is 2.76. The highest BCUT2D eigenvalue weighted by atomic mass is 19.1. The van der Waals surface area contributed by atoms with Crippen molar-refractivity contribution in [1.29, 1.82) is 0 Å². The Bertz CT molecular complexity index is 618. The van der Waals surface area contributed by atoms with Crippen molar-refractivity contribution in [2.75, 3.05) is 5.32 Å². The van der Waals surface area contributed by atoms with Crippen molar-refractivity contribution in [1.82, 2.24) is 4.98 Å². The summed E-state index contributed by atoms with van der Waals surface area (Å²) in [6.07, 6.45) is 3.62. The van der Waals surface area contributed by atoms with E-state index in [2.05, 4.69) is 10.3 Å². The van der Waals surface area contributed by atoms with Crippen LogP contribution in [-0.2, 0) is 0 Å². The van der Waals surface area contributed by atoms with E-state index in [4.69, 9.17) is 0 Å². The number of pyridine rings is 1. The number of aliphatic hydroxyl groups excluding tert-OH is 1. The molecule has 0 spiro atoms. The predicted molar refractivity (Wildman–Crippen MR) is 68.9 cm³/mol. The van der Waals surface area contributed by atoms with E-state index < -0.39 is 17.7 Å². The highest BCUT2D eigenvalue weighted by Crippen LogP contribution is 2.28. The minimum Gasteiger partial charge on any atom is -0.391 e. The van der Waals surface area contributed by atoms with Gasteiger partial charge in [0, 0.05) is 23.3 Å². The summed E-state index contributed by atoms with van der Waals surface area (Å²) >= 11 is 0. The molecule has 100 valence electrons. The maximum atomic E-state index is 13.6. The SMILES string of the molecule is O[C@H]1CCC[C@H]1Nc1ccnc2c(F)cc(F)cc12. The third-order valence-corrected chi connectivity index (χ3v) is 3.58. The Morgan fingerprint density at radius 3 is 2.84 bits per heavy atom. The fourth-order valence-corrected chi connectivity index (χ4v) is 2.61. The van der Waals surface area contributed by atoms with Crippen LogP contribution in [0.4, 0.5) is 14.5 Å². The molecule has 3 nitrogen and oxygen atoms in total. The molecular formula is C14H14F2N2O. The molecule has 1 aliphatic carbocycles. The number of aliphatic hydroxyl groups is 1. The zero-order valence-corrected chi connectivity index (χ0v) is 10.2. The van der Waals surface area contributed by atoms with Gasteiger partial charge in [0.25, 0.3) is 0 Å². The van der Waals surface area contributed by atoms with Crippen molar-refractivity contribution in [2.45, 2.75) is 31.4 Å². The van der Waals surface area contributed by atoms with E-state index in [1.807, 2.05) is 0 Å². The maximum Gasteiger partial charge on any atom is 0.152 e. The summed E-state index contributed by atoms with van der Waals surface area (Å²) in [6, 6.07) is 3.68. The number of anilines is 1. The lowest BCUT2D eigenvalue weighted by Crippen LogP contribution is -2.28. The van der Waals surface area contributed by atoms with Crippen molar-refractivity contribution in [3.05, 3.63) is 36.0 Å². The summed E-state index contributed by atoms with van der Waals surface area (Å²) in [4.78, 5) is 3.93. The van der Waals surface area contributed by atoms with E-state index in [0.29, 0.717) is 11.1 Å². The molecule has 0 bridgehead atoms. The van der Waals surface area contributed by atoms with Gasteiger partial charge in [0.2, 0.25) is 0 Å². The first kappa shape index (κ1) is 12.3. The second kappa shape index (κ2) is 4.74. The van der Waals surface area contributed by atoms with Gasteiger partial charge in [0.15, 0.2) is 5.82 Å². The lowest BCUT2D eigenvalue weighted by atomic mass is 10.1. The first-order chi connectivity index (χ1) is 9.15. The molecule has 0 saturated heterocycles. The number of fused-ring (bicyclic) bond motifs is 1. The van der Waals surface area contributed by atoms with E-state index in [9.17, 15) is 13.9 Å². The zero-order valence-electron chi connectivity index (χ0n) is 10.2. The molecule has 0 radical (unpaired) electrons. The van der Waals surface area contributed by atoms with Crippen LogP contribution in [0.2, 0.25) is 0 Å². The van der Waals surface area contributed by atoms with Gasteiger partial charge in [-0.1, -0.05) is 0 Å². The Kier molecular flexibility index (Phi) is 3.06. The Labute approximate surface area is 109 Å². The molecule has 1 saturated carbocycles. The smallest absolute Gasteiger partial charge is 0.152 e. The number of rotatable bonds is 2. The number of nitrogens with one attached hydrogen (secondary N) is 1. The standard InChI is InChI=1S/C14H14F2N2O/c15-8-6-9-11(18-12-2-1-3-13(12)19)4-5-17-14(9)10(16)7-8/h4-7,12-13,19H,1-3H2,(H,17,18)/t12-,13+/m1/s1. The quantitative estimate of drug-likeness (QED) is 0.876. The fraction of sp³-hybridized carbons (Fsp3) is 0.357. The van der Waals surface area contributed by atoms with Gasteiger partial charge in [-0.15, -0.1) is 0 Å². The average molecular weight is 264 g/mol. The topological polar surface area (TPSA) is 45.1 Å². The van der Waals surface area contributed by atoms with Gasteiger partial charge in [-0.05, 0) is 31.4 Å². The molecule has 5 heteroatoms. The van der Waals surface area contributed by atoms with E-state index in [1.54, 1.807) is 6.07 Å². The van der Waals surface area contributed by atoms with Crippen LogP contribution in [-0.4, -0.2) is 22.2 Å². The third kappa shape index (κ3) is 2.26. The van der Waals surface area contributed by atoms with E-state index in [0.717, 1.165) is 25.3 Å². The van der Waals surface area contributed by atoms with E-state index in [-0.39, 0.29) is 11.6 Å². The first-order valence-corrected chi connectivity index (χ1v) is 6.33. The monoisotopic (exact) mass is 264 g/mol. The second-order valence-corrected chi connectivity index (χ2v) is 4.89. The number of nitrogens with zero attached hydrogens (tertiary/aromatic N) is 1. The number of hydrogen-bond donors (Lipinski definition) is 2. The molecule has 2 atom stereocenters. The van der Waals surface area contributed by atoms with Gasteiger partial charge in [-0.3, -0.25) is 4.98 Å². The van der Waals surface area contributed by atoms with Crippen molar-refractivity contribution >= 4 is 16.6 Å². The molecule has 2 N–H and O–H groups in total. The van der Waals surface area contributed by atoms with Gasteiger partial charge in [-0.25, -0.2) is 8.78 Å². The Balaban J connectivity index is 2.03. The minimum atomic E-state index is -0.675. The lowest BCUT2D eigenvalue weighted by molar-refractivity contribution is 0.172. The molecule has 3 rings (SSSR count). The molecule has 0 amide bonds. The normalized spacial score (nSPS) is 22.9. The fourth-order valence-electron chi connectivity index (χ4n) is 2.61. The predicted octanol–water partition coefficient (Wildman–Crippen LogP) is 2.84. The summed E-state index contributed by atoms with van der Waals surface area (Å²) in [5.41, 5.74) is 0.744. The van der Waals surface area contributed by atoms with Crippen LogP contribution in [0.5, 0.6) is 0 Å². The molecule has 0 unspecified atom stereocenters. The molecule has 1 heterocycles. The van der Waals surface area contributed by atoms with Crippen LogP contribution in [0.15, 0.2) is 24.4 Å². The highest BCUT2D eigenvalue weighted by molar-refractivity contribution is 5.91.